The number of carbonyl (C=O) groups excluding carboxylic acids is 2. The Hall–Kier alpha value is -3.25. The molecule has 0 saturated heterocycles. The van der Waals surface area contributed by atoms with Crippen LogP contribution < -0.4 is 15.4 Å². The van der Waals surface area contributed by atoms with Crippen molar-refractivity contribution in [1.82, 2.24) is 0 Å². The van der Waals surface area contributed by atoms with E-state index in [0.717, 1.165) is 21.9 Å². The van der Waals surface area contributed by atoms with Crippen molar-refractivity contribution >= 4 is 35.0 Å². The highest BCUT2D eigenvalue weighted by molar-refractivity contribution is 8.00. The Morgan fingerprint density at radius 2 is 1.66 bits per heavy atom. The molecule has 32 heavy (non-hydrogen) atoms. The van der Waals surface area contributed by atoms with Crippen molar-refractivity contribution in [3.63, 3.8) is 0 Å². The molecule has 0 aromatic heterocycles. The van der Waals surface area contributed by atoms with Crippen molar-refractivity contribution < 1.29 is 14.3 Å². The number of nitrogens with one attached hydrogen (secondary N) is 2. The van der Waals surface area contributed by atoms with Crippen LogP contribution in [0, 0.1) is 6.92 Å². The van der Waals surface area contributed by atoms with Gasteiger partial charge in [0.2, 0.25) is 5.91 Å². The molecule has 2 amide bonds. The number of carbonyl (C=O) groups is 2. The lowest BCUT2D eigenvalue weighted by molar-refractivity contribution is -0.115. The molecule has 3 aromatic carbocycles. The van der Waals surface area contributed by atoms with Crippen LogP contribution in [0.5, 0.6) is 5.75 Å². The van der Waals surface area contributed by atoms with Crippen molar-refractivity contribution in [2.45, 2.75) is 37.3 Å². The molecule has 0 aliphatic carbocycles. The van der Waals surface area contributed by atoms with Crippen LogP contribution in [-0.2, 0) is 4.79 Å². The van der Waals surface area contributed by atoms with E-state index in [0.29, 0.717) is 24.3 Å². The molecule has 3 aromatic rings. The highest BCUT2D eigenvalue weighted by Gasteiger charge is 2.18. The molecule has 0 fully saturated rings. The van der Waals surface area contributed by atoms with Gasteiger partial charge in [-0.25, -0.2) is 0 Å². The number of amides is 2. The van der Waals surface area contributed by atoms with Crippen molar-refractivity contribution in [1.29, 1.82) is 0 Å². The smallest absolute Gasteiger partial charge is 0.255 e. The lowest BCUT2D eigenvalue weighted by atomic mass is 10.1. The van der Waals surface area contributed by atoms with Crippen LogP contribution in [0.1, 0.15) is 36.2 Å². The molecule has 166 valence electrons. The van der Waals surface area contributed by atoms with Gasteiger partial charge < -0.3 is 15.4 Å². The molecule has 0 radical (unpaired) electrons. The molecule has 0 bridgehead atoms. The molecule has 0 saturated carbocycles. The number of rotatable bonds is 9. The number of anilines is 2. The molecule has 0 aliphatic heterocycles. The Morgan fingerprint density at radius 3 is 2.34 bits per heavy atom. The Morgan fingerprint density at radius 1 is 0.906 bits per heavy atom. The topological polar surface area (TPSA) is 67.4 Å². The summed E-state index contributed by atoms with van der Waals surface area (Å²) in [4.78, 5) is 26.3. The molecule has 1 unspecified atom stereocenters. The van der Waals surface area contributed by atoms with Gasteiger partial charge in [0.15, 0.2) is 0 Å². The van der Waals surface area contributed by atoms with Crippen LogP contribution in [-0.4, -0.2) is 23.7 Å². The largest absolute Gasteiger partial charge is 0.494 e. The lowest BCUT2D eigenvalue weighted by Crippen LogP contribution is -2.24. The Bertz CT molecular complexity index is 1070. The fourth-order valence-electron chi connectivity index (χ4n) is 3.18. The van der Waals surface area contributed by atoms with Gasteiger partial charge in [0.05, 0.1) is 11.9 Å². The van der Waals surface area contributed by atoms with E-state index in [-0.39, 0.29) is 17.1 Å². The number of benzene rings is 3. The highest BCUT2D eigenvalue weighted by atomic mass is 32.2. The third kappa shape index (κ3) is 6.37. The first-order chi connectivity index (χ1) is 15.5. The van der Waals surface area contributed by atoms with E-state index in [1.807, 2.05) is 93.6 Å². The number of aryl methyl sites for hydroxylation is 1. The molecule has 0 heterocycles. The SMILES string of the molecule is CCOc1ccc(NC(=O)C(CC)Sc2cccc(NC(=O)c3ccccc3C)c2)cc1. The minimum Gasteiger partial charge on any atom is -0.494 e. The van der Waals surface area contributed by atoms with Gasteiger partial charge in [0.1, 0.15) is 5.75 Å². The van der Waals surface area contributed by atoms with Gasteiger partial charge in [-0.15, -0.1) is 11.8 Å². The van der Waals surface area contributed by atoms with Crippen LogP contribution >= 0.6 is 11.8 Å². The van der Waals surface area contributed by atoms with E-state index < -0.39 is 0 Å². The molecule has 3 rings (SSSR count). The monoisotopic (exact) mass is 448 g/mol. The third-order valence-electron chi connectivity index (χ3n) is 4.86. The highest BCUT2D eigenvalue weighted by Crippen LogP contribution is 2.29. The first-order valence-electron chi connectivity index (χ1n) is 10.7. The summed E-state index contributed by atoms with van der Waals surface area (Å²) in [7, 11) is 0. The van der Waals surface area contributed by atoms with E-state index in [1.54, 1.807) is 0 Å². The van der Waals surface area contributed by atoms with E-state index in [2.05, 4.69) is 10.6 Å². The molecule has 6 heteroatoms. The zero-order valence-corrected chi connectivity index (χ0v) is 19.4. The van der Waals surface area contributed by atoms with Crippen LogP contribution in [0.2, 0.25) is 0 Å². The number of thioether (sulfide) groups is 1. The van der Waals surface area contributed by atoms with E-state index >= 15 is 0 Å². The maximum atomic E-state index is 12.8. The summed E-state index contributed by atoms with van der Waals surface area (Å²) in [6.45, 7) is 6.43. The maximum Gasteiger partial charge on any atom is 0.255 e. The quantitative estimate of drug-likeness (QED) is 0.385. The summed E-state index contributed by atoms with van der Waals surface area (Å²) in [6.07, 6.45) is 0.674. The molecule has 0 aliphatic rings. The number of hydrogen-bond acceptors (Lipinski definition) is 4. The molecule has 0 spiro atoms. The van der Waals surface area contributed by atoms with Gasteiger partial charge in [-0.1, -0.05) is 31.2 Å². The van der Waals surface area contributed by atoms with Crippen molar-refractivity contribution in [2.75, 3.05) is 17.2 Å². The van der Waals surface area contributed by atoms with Crippen molar-refractivity contribution in [2.24, 2.45) is 0 Å². The van der Waals surface area contributed by atoms with E-state index in [1.165, 1.54) is 11.8 Å². The molecule has 5 nitrogen and oxygen atoms in total. The average Bonchev–Trinajstić information content (AvgIpc) is 2.79. The summed E-state index contributed by atoms with van der Waals surface area (Å²) in [5.41, 5.74) is 3.00. The van der Waals surface area contributed by atoms with Gasteiger partial charge >= 0.3 is 0 Å². The molecule has 2 N–H and O–H groups in total. The average molecular weight is 449 g/mol. The Labute approximate surface area is 193 Å². The van der Waals surface area contributed by atoms with Gasteiger partial charge in [-0.05, 0) is 74.4 Å². The van der Waals surface area contributed by atoms with Crippen LogP contribution in [0.3, 0.4) is 0 Å². The number of hydrogen-bond donors (Lipinski definition) is 2. The minimum absolute atomic E-state index is 0.0593. The standard InChI is InChI=1S/C26H28N2O3S/c1-4-24(26(30)27-19-13-15-21(16-14-19)31-5-2)32-22-11-8-10-20(17-22)28-25(29)23-12-7-6-9-18(23)3/h6-17,24H,4-5H2,1-3H3,(H,27,30)(H,28,29). The van der Waals surface area contributed by atoms with Gasteiger partial charge in [0.25, 0.3) is 5.91 Å². The van der Waals surface area contributed by atoms with Crippen LogP contribution in [0.4, 0.5) is 11.4 Å². The second-order valence-corrected chi connectivity index (χ2v) is 8.53. The molecule has 1 atom stereocenters. The zero-order chi connectivity index (χ0) is 22.9. The van der Waals surface area contributed by atoms with Gasteiger partial charge in [-0.3, -0.25) is 9.59 Å². The normalized spacial score (nSPS) is 11.5. The fraction of sp³-hybridized carbons (Fsp3) is 0.231. The van der Waals surface area contributed by atoms with Crippen LogP contribution in [0.25, 0.3) is 0 Å². The number of ether oxygens (including phenoxy) is 1. The first kappa shape index (κ1) is 23.4. The maximum absolute atomic E-state index is 12.8. The Balaban J connectivity index is 1.64. The summed E-state index contributed by atoms with van der Waals surface area (Å²) in [5, 5.41) is 5.66. The summed E-state index contributed by atoms with van der Waals surface area (Å²) in [6, 6.07) is 22.4. The molecular weight excluding hydrogens is 420 g/mol. The third-order valence-corrected chi connectivity index (χ3v) is 6.21. The van der Waals surface area contributed by atoms with Gasteiger partial charge in [-0.2, -0.15) is 0 Å². The Kier molecular flexibility index (Phi) is 8.34. The zero-order valence-electron chi connectivity index (χ0n) is 18.6. The van der Waals surface area contributed by atoms with E-state index in [4.69, 9.17) is 4.74 Å². The predicted molar refractivity (Wildman–Crippen MR) is 132 cm³/mol. The van der Waals surface area contributed by atoms with E-state index in [9.17, 15) is 9.59 Å². The predicted octanol–water partition coefficient (Wildman–Crippen LogP) is 6.16. The van der Waals surface area contributed by atoms with Crippen molar-refractivity contribution in [3.05, 3.63) is 83.9 Å². The fourth-order valence-corrected chi connectivity index (χ4v) is 4.20. The minimum atomic E-state index is -0.260. The van der Waals surface area contributed by atoms with Crippen LogP contribution in [0.15, 0.2) is 77.7 Å². The first-order valence-corrected chi connectivity index (χ1v) is 11.6. The summed E-state index contributed by atoms with van der Waals surface area (Å²) >= 11 is 1.48. The van der Waals surface area contributed by atoms with Crippen molar-refractivity contribution in [3.8, 4) is 5.75 Å². The molecular formula is C26H28N2O3S. The lowest BCUT2D eigenvalue weighted by Gasteiger charge is -2.16. The summed E-state index contributed by atoms with van der Waals surface area (Å²) < 4.78 is 5.44. The second-order valence-electron chi connectivity index (χ2n) is 7.26. The van der Waals surface area contributed by atoms with Gasteiger partial charge in [0, 0.05) is 21.8 Å². The summed E-state index contributed by atoms with van der Waals surface area (Å²) in [5.74, 6) is 0.568. The second kappa shape index (κ2) is 11.4.